The first-order valence-electron chi connectivity index (χ1n) is 10.9. The SMILES string of the molecule is CC1CC(C)CN(S(=O)(=O)c2cccc(C(=O)NCC(c3cccc(F)c3)N(C)C)c2)C1. The van der Waals surface area contributed by atoms with Crippen LogP contribution in [0.15, 0.2) is 53.4 Å². The van der Waals surface area contributed by atoms with E-state index in [9.17, 15) is 17.6 Å². The number of sulfonamides is 1. The molecule has 1 saturated heterocycles. The second-order valence-electron chi connectivity index (χ2n) is 9.04. The minimum atomic E-state index is -3.67. The van der Waals surface area contributed by atoms with E-state index in [0.29, 0.717) is 24.9 Å². The van der Waals surface area contributed by atoms with Crippen LogP contribution in [0.5, 0.6) is 0 Å². The maximum atomic E-state index is 13.6. The van der Waals surface area contributed by atoms with Gasteiger partial charge in [-0.05, 0) is 68.2 Å². The number of amides is 1. The van der Waals surface area contributed by atoms with Crippen LogP contribution in [-0.4, -0.2) is 57.3 Å². The number of carbonyl (C=O) groups is 1. The molecule has 3 rings (SSSR count). The molecule has 0 radical (unpaired) electrons. The summed E-state index contributed by atoms with van der Waals surface area (Å²) in [4.78, 5) is 14.8. The summed E-state index contributed by atoms with van der Waals surface area (Å²) in [6, 6.07) is 12.2. The van der Waals surface area contributed by atoms with Gasteiger partial charge in [-0.2, -0.15) is 4.31 Å². The lowest BCUT2D eigenvalue weighted by molar-refractivity contribution is 0.0941. The monoisotopic (exact) mass is 461 g/mol. The zero-order valence-electron chi connectivity index (χ0n) is 19.1. The van der Waals surface area contributed by atoms with Crippen LogP contribution in [0, 0.1) is 17.7 Å². The molecule has 0 saturated carbocycles. The molecule has 0 aliphatic carbocycles. The van der Waals surface area contributed by atoms with Gasteiger partial charge in [0.15, 0.2) is 0 Å². The summed E-state index contributed by atoms with van der Waals surface area (Å²) in [7, 11) is 0.0404. The third kappa shape index (κ3) is 5.74. The van der Waals surface area contributed by atoms with Gasteiger partial charge in [-0.15, -0.1) is 0 Å². The summed E-state index contributed by atoms with van der Waals surface area (Å²) in [5.41, 5.74) is 1.03. The highest BCUT2D eigenvalue weighted by atomic mass is 32.2. The maximum absolute atomic E-state index is 13.6. The van der Waals surface area contributed by atoms with Gasteiger partial charge in [0.25, 0.3) is 5.91 Å². The molecule has 174 valence electrons. The number of likely N-dealkylation sites (N-methyl/N-ethyl adjacent to an activating group) is 1. The number of hydrogen-bond acceptors (Lipinski definition) is 4. The normalized spacial score (nSPS) is 20.8. The number of carbonyl (C=O) groups excluding carboxylic acids is 1. The smallest absolute Gasteiger partial charge is 0.251 e. The van der Waals surface area contributed by atoms with Crippen LogP contribution in [-0.2, 0) is 10.0 Å². The number of piperidine rings is 1. The van der Waals surface area contributed by atoms with Gasteiger partial charge in [-0.25, -0.2) is 12.8 Å². The average Bonchev–Trinajstić information content (AvgIpc) is 2.73. The topological polar surface area (TPSA) is 69.7 Å². The fourth-order valence-corrected chi connectivity index (χ4v) is 6.08. The number of nitrogens with zero attached hydrogens (tertiary/aromatic N) is 2. The van der Waals surface area contributed by atoms with Crippen molar-refractivity contribution < 1.29 is 17.6 Å². The summed E-state index contributed by atoms with van der Waals surface area (Å²) in [5.74, 6) is -0.109. The van der Waals surface area contributed by atoms with Crippen molar-refractivity contribution in [2.75, 3.05) is 33.7 Å². The summed E-state index contributed by atoms with van der Waals surface area (Å²) < 4.78 is 41.5. The van der Waals surface area contributed by atoms with Crippen LogP contribution in [0.3, 0.4) is 0 Å². The lowest BCUT2D eigenvalue weighted by atomic mass is 9.94. The molecule has 32 heavy (non-hydrogen) atoms. The lowest BCUT2D eigenvalue weighted by Crippen LogP contribution is -2.42. The predicted molar refractivity (Wildman–Crippen MR) is 123 cm³/mol. The first kappa shape index (κ1) is 24.4. The van der Waals surface area contributed by atoms with Gasteiger partial charge in [0, 0.05) is 25.2 Å². The number of halogens is 1. The van der Waals surface area contributed by atoms with E-state index < -0.39 is 10.0 Å². The van der Waals surface area contributed by atoms with Crippen molar-refractivity contribution in [1.29, 1.82) is 0 Å². The second-order valence-corrected chi connectivity index (χ2v) is 11.0. The van der Waals surface area contributed by atoms with Crippen LogP contribution in [0.2, 0.25) is 0 Å². The van der Waals surface area contributed by atoms with E-state index in [-0.39, 0.29) is 34.8 Å². The number of nitrogens with one attached hydrogen (secondary N) is 1. The first-order chi connectivity index (χ1) is 15.1. The van der Waals surface area contributed by atoms with Gasteiger partial charge < -0.3 is 10.2 Å². The largest absolute Gasteiger partial charge is 0.350 e. The molecule has 1 amide bonds. The third-order valence-electron chi connectivity index (χ3n) is 5.88. The summed E-state index contributed by atoms with van der Waals surface area (Å²) in [6.45, 7) is 5.35. The molecule has 0 spiro atoms. The summed E-state index contributed by atoms with van der Waals surface area (Å²) >= 11 is 0. The van der Waals surface area contributed by atoms with Crippen LogP contribution in [0.4, 0.5) is 4.39 Å². The number of benzene rings is 2. The lowest BCUT2D eigenvalue weighted by Gasteiger charge is -2.34. The quantitative estimate of drug-likeness (QED) is 0.685. The molecular formula is C24H32FN3O3S. The average molecular weight is 462 g/mol. The van der Waals surface area contributed by atoms with Gasteiger partial charge in [0.2, 0.25) is 10.0 Å². The number of rotatable bonds is 7. The van der Waals surface area contributed by atoms with Gasteiger partial charge in [-0.1, -0.05) is 32.0 Å². The summed E-state index contributed by atoms with van der Waals surface area (Å²) in [5, 5.41) is 2.86. The van der Waals surface area contributed by atoms with Crippen LogP contribution < -0.4 is 5.32 Å². The molecule has 0 aromatic heterocycles. The molecule has 8 heteroatoms. The van der Waals surface area contributed by atoms with Crippen molar-refractivity contribution >= 4 is 15.9 Å². The molecule has 2 aromatic carbocycles. The van der Waals surface area contributed by atoms with Crippen molar-refractivity contribution in [3.05, 3.63) is 65.5 Å². The number of hydrogen-bond donors (Lipinski definition) is 1. The Bertz CT molecular complexity index is 1050. The van der Waals surface area contributed by atoms with Gasteiger partial charge >= 0.3 is 0 Å². The van der Waals surface area contributed by atoms with Crippen molar-refractivity contribution in [2.45, 2.75) is 31.2 Å². The minimum Gasteiger partial charge on any atom is -0.350 e. The molecule has 1 aliphatic rings. The highest BCUT2D eigenvalue weighted by Crippen LogP contribution is 2.27. The van der Waals surface area contributed by atoms with E-state index in [2.05, 4.69) is 19.2 Å². The molecule has 6 nitrogen and oxygen atoms in total. The zero-order chi connectivity index (χ0) is 23.5. The molecule has 3 unspecified atom stereocenters. The Morgan fingerprint density at radius 2 is 1.78 bits per heavy atom. The minimum absolute atomic E-state index is 0.126. The Kier molecular flexibility index (Phi) is 7.69. The second kappa shape index (κ2) is 10.1. The Hall–Kier alpha value is -2.29. The predicted octanol–water partition coefficient (Wildman–Crippen LogP) is 3.53. The third-order valence-corrected chi connectivity index (χ3v) is 7.71. The highest BCUT2D eigenvalue weighted by molar-refractivity contribution is 7.89. The molecule has 1 fully saturated rings. The van der Waals surface area contributed by atoms with Crippen molar-refractivity contribution in [3.8, 4) is 0 Å². The van der Waals surface area contributed by atoms with Gasteiger partial charge in [-0.3, -0.25) is 4.79 Å². The molecule has 0 bridgehead atoms. The Morgan fingerprint density at radius 1 is 1.12 bits per heavy atom. The van der Waals surface area contributed by atoms with Crippen molar-refractivity contribution in [2.24, 2.45) is 11.8 Å². The molecule has 2 aromatic rings. The van der Waals surface area contributed by atoms with Crippen LogP contribution >= 0.6 is 0 Å². The maximum Gasteiger partial charge on any atom is 0.251 e. The molecule has 3 atom stereocenters. The molecule has 1 aliphatic heterocycles. The van der Waals surface area contributed by atoms with E-state index in [1.165, 1.54) is 28.6 Å². The fraction of sp³-hybridized carbons (Fsp3) is 0.458. The van der Waals surface area contributed by atoms with E-state index in [0.717, 1.165) is 12.0 Å². The van der Waals surface area contributed by atoms with Crippen molar-refractivity contribution in [3.63, 3.8) is 0 Å². The van der Waals surface area contributed by atoms with Crippen molar-refractivity contribution in [1.82, 2.24) is 14.5 Å². The molecular weight excluding hydrogens is 429 g/mol. The zero-order valence-corrected chi connectivity index (χ0v) is 19.9. The van der Waals surface area contributed by atoms with Crippen LogP contribution in [0.25, 0.3) is 0 Å². The Balaban J connectivity index is 1.75. The van der Waals surface area contributed by atoms with E-state index in [4.69, 9.17) is 0 Å². The standard InChI is InChI=1S/C24H32FN3O3S/c1-17-11-18(2)16-28(15-17)32(30,31)22-10-6-8-20(13-22)24(29)26-14-23(27(3)4)19-7-5-9-21(25)12-19/h5-10,12-13,17-18,23H,11,14-16H2,1-4H3,(H,26,29). The Morgan fingerprint density at radius 3 is 2.41 bits per heavy atom. The van der Waals surface area contributed by atoms with E-state index >= 15 is 0 Å². The fourth-order valence-electron chi connectivity index (χ4n) is 4.35. The van der Waals surface area contributed by atoms with E-state index in [1.807, 2.05) is 25.1 Å². The highest BCUT2D eigenvalue weighted by Gasteiger charge is 2.32. The van der Waals surface area contributed by atoms with Gasteiger partial charge in [0.1, 0.15) is 5.82 Å². The van der Waals surface area contributed by atoms with E-state index in [1.54, 1.807) is 18.2 Å². The molecule has 1 N–H and O–H groups in total. The first-order valence-corrected chi connectivity index (χ1v) is 12.3. The Labute approximate surface area is 190 Å². The molecule has 1 heterocycles. The summed E-state index contributed by atoms with van der Waals surface area (Å²) in [6.07, 6.45) is 1.01. The van der Waals surface area contributed by atoms with Crippen LogP contribution in [0.1, 0.15) is 42.2 Å². The van der Waals surface area contributed by atoms with Gasteiger partial charge in [0.05, 0.1) is 10.9 Å².